The van der Waals surface area contributed by atoms with Gasteiger partial charge >= 0.3 is 0 Å². The highest BCUT2D eigenvalue weighted by molar-refractivity contribution is 7.13. The second kappa shape index (κ2) is 6.11. The van der Waals surface area contributed by atoms with Crippen molar-refractivity contribution in [2.45, 2.75) is 26.1 Å². The van der Waals surface area contributed by atoms with E-state index in [0.717, 1.165) is 40.9 Å². The highest BCUT2D eigenvalue weighted by atomic mass is 35.5. The van der Waals surface area contributed by atoms with Gasteiger partial charge < -0.3 is 4.57 Å². The van der Waals surface area contributed by atoms with Crippen LogP contribution in [0.25, 0.3) is 10.6 Å². The minimum absolute atomic E-state index is 0.421. The number of aromatic nitrogens is 2. The molecule has 1 aliphatic rings. The van der Waals surface area contributed by atoms with Crippen molar-refractivity contribution in [3.63, 3.8) is 0 Å². The summed E-state index contributed by atoms with van der Waals surface area (Å²) in [7, 11) is 0. The Balaban J connectivity index is 1.54. The van der Waals surface area contributed by atoms with E-state index >= 15 is 0 Å². The number of rotatable bonds is 3. The number of benzene rings is 1. The first-order chi connectivity index (χ1) is 11.2. The maximum atomic E-state index is 6.28. The van der Waals surface area contributed by atoms with Gasteiger partial charge in [-0.3, -0.25) is 4.90 Å². The van der Waals surface area contributed by atoms with E-state index in [2.05, 4.69) is 40.1 Å². The van der Waals surface area contributed by atoms with Crippen LogP contribution < -0.4 is 0 Å². The molecule has 23 heavy (non-hydrogen) atoms. The summed E-state index contributed by atoms with van der Waals surface area (Å²) < 4.78 is 2.34. The molecule has 0 N–H and O–H groups in total. The molecule has 4 rings (SSSR count). The van der Waals surface area contributed by atoms with Crippen molar-refractivity contribution >= 4 is 22.9 Å². The van der Waals surface area contributed by atoms with Gasteiger partial charge in [-0.2, -0.15) is 0 Å². The van der Waals surface area contributed by atoms with Crippen LogP contribution in [0.15, 0.2) is 48.0 Å². The van der Waals surface area contributed by atoms with Gasteiger partial charge in [-0.1, -0.05) is 29.8 Å². The summed E-state index contributed by atoms with van der Waals surface area (Å²) in [6.07, 6.45) is 2.17. The Bertz CT molecular complexity index is 823. The van der Waals surface area contributed by atoms with E-state index in [0.29, 0.717) is 6.04 Å². The molecule has 0 radical (unpaired) electrons. The summed E-state index contributed by atoms with van der Waals surface area (Å²) in [5, 5.41) is 3.91. The second-order valence-corrected chi connectivity index (χ2v) is 7.16. The summed E-state index contributed by atoms with van der Waals surface area (Å²) in [4.78, 5) is 7.29. The van der Waals surface area contributed by atoms with Crippen LogP contribution in [0.1, 0.15) is 24.4 Å². The average Bonchev–Trinajstić information content (AvgIpc) is 3.20. The van der Waals surface area contributed by atoms with E-state index < -0.39 is 0 Å². The largest absolute Gasteiger partial charge is 0.349 e. The average molecular weight is 344 g/mol. The highest BCUT2D eigenvalue weighted by Gasteiger charge is 2.24. The first kappa shape index (κ1) is 14.9. The molecule has 1 aromatic carbocycles. The molecule has 0 amide bonds. The highest BCUT2D eigenvalue weighted by Crippen LogP contribution is 2.32. The van der Waals surface area contributed by atoms with Crippen molar-refractivity contribution in [2.75, 3.05) is 6.54 Å². The molecule has 2 aromatic heterocycles. The summed E-state index contributed by atoms with van der Waals surface area (Å²) in [5.74, 6) is 0. The Morgan fingerprint density at radius 2 is 2.09 bits per heavy atom. The van der Waals surface area contributed by atoms with Crippen LogP contribution in [0.3, 0.4) is 0 Å². The fourth-order valence-corrected chi connectivity index (χ4v) is 4.32. The lowest BCUT2D eigenvalue weighted by atomic mass is 10.1. The van der Waals surface area contributed by atoms with Gasteiger partial charge in [0, 0.05) is 48.5 Å². The molecule has 118 valence electrons. The van der Waals surface area contributed by atoms with Crippen LogP contribution in [0.5, 0.6) is 0 Å². The van der Waals surface area contributed by atoms with Gasteiger partial charge in [0.15, 0.2) is 0 Å². The lowest BCUT2D eigenvalue weighted by molar-refractivity contribution is 0.159. The molecule has 0 unspecified atom stereocenters. The lowest BCUT2D eigenvalue weighted by Gasteiger charge is -2.34. The SMILES string of the molecule is C[C@H]1c2cccn2CCN1Cc1csc(-c2ccccc2Cl)n1. The van der Waals surface area contributed by atoms with E-state index in [1.165, 1.54) is 5.69 Å². The maximum absolute atomic E-state index is 6.28. The van der Waals surface area contributed by atoms with Crippen LogP contribution in [-0.4, -0.2) is 21.0 Å². The molecule has 0 aliphatic carbocycles. The predicted octanol–water partition coefficient (Wildman–Crippen LogP) is 4.84. The van der Waals surface area contributed by atoms with Gasteiger partial charge in [-0.05, 0) is 25.1 Å². The second-order valence-electron chi connectivity index (χ2n) is 5.90. The first-order valence-electron chi connectivity index (χ1n) is 7.81. The number of hydrogen-bond donors (Lipinski definition) is 0. The van der Waals surface area contributed by atoms with Gasteiger partial charge in [0.1, 0.15) is 5.01 Å². The van der Waals surface area contributed by atoms with Crippen LogP contribution in [0.2, 0.25) is 5.02 Å². The van der Waals surface area contributed by atoms with Gasteiger partial charge in [0.05, 0.1) is 10.7 Å². The molecule has 1 aliphatic heterocycles. The molecule has 0 fully saturated rings. The third-order valence-electron chi connectivity index (χ3n) is 4.49. The summed E-state index contributed by atoms with van der Waals surface area (Å²) in [6, 6.07) is 12.7. The fourth-order valence-electron chi connectivity index (χ4n) is 3.19. The Hall–Kier alpha value is -1.62. The maximum Gasteiger partial charge on any atom is 0.125 e. The molecule has 0 spiro atoms. The predicted molar refractivity (Wildman–Crippen MR) is 95.8 cm³/mol. The molecule has 0 saturated heterocycles. The Labute approximate surface area is 145 Å². The monoisotopic (exact) mass is 343 g/mol. The van der Waals surface area contributed by atoms with Crippen LogP contribution >= 0.6 is 22.9 Å². The lowest BCUT2D eigenvalue weighted by Crippen LogP contribution is -2.35. The van der Waals surface area contributed by atoms with Crippen molar-refractivity contribution in [3.8, 4) is 10.6 Å². The Morgan fingerprint density at radius 1 is 1.22 bits per heavy atom. The third kappa shape index (κ3) is 2.82. The third-order valence-corrected chi connectivity index (χ3v) is 5.74. The number of nitrogens with zero attached hydrogens (tertiary/aromatic N) is 3. The Kier molecular flexibility index (Phi) is 3.97. The number of thiazole rings is 1. The molecule has 3 aromatic rings. The first-order valence-corrected chi connectivity index (χ1v) is 9.06. The molecule has 3 nitrogen and oxygen atoms in total. The van der Waals surface area contributed by atoms with Crippen LogP contribution in [-0.2, 0) is 13.1 Å². The van der Waals surface area contributed by atoms with Crippen LogP contribution in [0, 0.1) is 0 Å². The Morgan fingerprint density at radius 3 is 2.96 bits per heavy atom. The summed E-state index contributed by atoms with van der Waals surface area (Å²) in [5.41, 5.74) is 3.53. The minimum Gasteiger partial charge on any atom is -0.349 e. The smallest absolute Gasteiger partial charge is 0.125 e. The van der Waals surface area contributed by atoms with E-state index in [4.69, 9.17) is 16.6 Å². The molecular formula is C18H18ClN3S. The molecule has 0 bridgehead atoms. The van der Waals surface area contributed by atoms with Gasteiger partial charge in [-0.25, -0.2) is 4.98 Å². The molecule has 0 saturated carbocycles. The van der Waals surface area contributed by atoms with Crippen molar-refractivity contribution in [1.82, 2.24) is 14.5 Å². The quantitative estimate of drug-likeness (QED) is 0.678. The van der Waals surface area contributed by atoms with Crippen molar-refractivity contribution in [3.05, 3.63) is 64.4 Å². The number of hydrogen-bond acceptors (Lipinski definition) is 3. The normalized spacial score (nSPS) is 18.1. The summed E-state index contributed by atoms with van der Waals surface area (Å²) >= 11 is 7.95. The summed E-state index contributed by atoms with van der Waals surface area (Å²) in [6.45, 7) is 5.26. The van der Waals surface area contributed by atoms with E-state index in [-0.39, 0.29) is 0 Å². The standard InChI is InChI=1S/C18H18ClN3S/c1-13-17-7-4-8-21(17)9-10-22(13)11-14-12-23-18(20-14)15-5-2-3-6-16(15)19/h2-8,12-13H,9-11H2,1H3/t13-/m0/s1. The zero-order valence-corrected chi connectivity index (χ0v) is 14.5. The van der Waals surface area contributed by atoms with Crippen molar-refractivity contribution in [1.29, 1.82) is 0 Å². The van der Waals surface area contributed by atoms with Crippen molar-refractivity contribution in [2.24, 2.45) is 0 Å². The molecular weight excluding hydrogens is 326 g/mol. The van der Waals surface area contributed by atoms with E-state index in [9.17, 15) is 0 Å². The van der Waals surface area contributed by atoms with E-state index in [1.54, 1.807) is 11.3 Å². The minimum atomic E-state index is 0.421. The molecule has 1 atom stereocenters. The van der Waals surface area contributed by atoms with E-state index in [1.807, 2.05) is 24.3 Å². The number of fused-ring (bicyclic) bond motifs is 1. The van der Waals surface area contributed by atoms with Gasteiger partial charge in [0.2, 0.25) is 0 Å². The molecule has 5 heteroatoms. The fraction of sp³-hybridized carbons (Fsp3) is 0.278. The molecule has 3 heterocycles. The van der Waals surface area contributed by atoms with Gasteiger partial charge in [0.25, 0.3) is 0 Å². The van der Waals surface area contributed by atoms with Crippen LogP contribution in [0.4, 0.5) is 0 Å². The van der Waals surface area contributed by atoms with Crippen molar-refractivity contribution < 1.29 is 0 Å². The zero-order valence-electron chi connectivity index (χ0n) is 12.9. The number of halogens is 1. The van der Waals surface area contributed by atoms with Gasteiger partial charge in [-0.15, -0.1) is 11.3 Å². The zero-order chi connectivity index (χ0) is 15.8. The topological polar surface area (TPSA) is 21.1 Å².